The van der Waals surface area contributed by atoms with Crippen molar-refractivity contribution in [1.29, 1.82) is 0 Å². The number of halogens is 1. The molecule has 1 fully saturated rings. The first-order valence-corrected chi connectivity index (χ1v) is 8.89. The van der Waals surface area contributed by atoms with Gasteiger partial charge in [0.15, 0.2) is 16.2 Å². The zero-order valence-electron chi connectivity index (χ0n) is 13.5. The standard InChI is InChI=1S/C17H18BrN3O4/c18-15-3-4-16(25-15)19-17(22)21-7-5-20(6-8-21)10-12-1-2-13-14(9-12)24-11-23-13/h1-4,9H,5-8,10-11H2,(H,19,22). The van der Waals surface area contributed by atoms with Crippen LogP contribution in [0, 0.1) is 0 Å². The smallest absolute Gasteiger partial charge is 0.324 e. The van der Waals surface area contributed by atoms with E-state index in [1.807, 2.05) is 12.1 Å². The molecule has 8 heteroatoms. The van der Waals surface area contributed by atoms with Gasteiger partial charge in [0.05, 0.1) is 0 Å². The van der Waals surface area contributed by atoms with Gasteiger partial charge < -0.3 is 18.8 Å². The van der Waals surface area contributed by atoms with Crippen LogP contribution in [0.4, 0.5) is 10.7 Å². The Hall–Kier alpha value is -2.19. The SMILES string of the molecule is O=C(Nc1ccc(Br)o1)N1CCN(Cc2ccc3c(c2)OCO3)CC1. The van der Waals surface area contributed by atoms with Gasteiger partial charge in [-0.25, -0.2) is 4.79 Å². The lowest BCUT2D eigenvalue weighted by molar-refractivity contribution is 0.142. The van der Waals surface area contributed by atoms with Gasteiger partial charge in [-0.2, -0.15) is 0 Å². The topological polar surface area (TPSA) is 67.2 Å². The minimum atomic E-state index is -0.135. The van der Waals surface area contributed by atoms with E-state index in [0.29, 0.717) is 30.4 Å². The first-order valence-electron chi connectivity index (χ1n) is 8.09. The Morgan fingerprint density at radius 3 is 2.64 bits per heavy atom. The number of hydrogen-bond donors (Lipinski definition) is 1. The third-order valence-electron chi connectivity index (χ3n) is 4.31. The van der Waals surface area contributed by atoms with Crippen LogP contribution in [0.25, 0.3) is 0 Å². The fourth-order valence-corrected chi connectivity index (χ4v) is 3.28. The van der Waals surface area contributed by atoms with Crippen LogP contribution in [0.2, 0.25) is 0 Å². The van der Waals surface area contributed by atoms with Crippen LogP contribution in [-0.4, -0.2) is 48.8 Å². The molecular formula is C17H18BrN3O4. The van der Waals surface area contributed by atoms with Gasteiger partial charge in [-0.1, -0.05) is 6.07 Å². The molecule has 7 nitrogen and oxygen atoms in total. The van der Waals surface area contributed by atoms with Crippen molar-refractivity contribution in [2.45, 2.75) is 6.54 Å². The second-order valence-electron chi connectivity index (χ2n) is 5.98. The van der Waals surface area contributed by atoms with E-state index in [2.05, 4.69) is 32.2 Å². The van der Waals surface area contributed by atoms with Crippen LogP contribution in [0.1, 0.15) is 5.56 Å². The summed E-state index contributed by atoms with van der Waals surface area (Å²) in [4.78, 5) is 16.4. The van der Waals surface area contributed by atoms with Crippen molar-refractivity contribution in [2.24, 2.45) is 0 Å². The summed E-state index contributed by atoms with van der Waals surface area (Å²) < 4.78 is 16.7. The number of piperazine rings is 1. The van der Waals surface area contributed by atoms with Gasteiger partial charge in [0.1, 0.15) is 0 Å². The van der Waals surface area contributed by atoms with Crippen LogP contribution in [0.5, 0.6) is 11.5 Å². The number of ether oxygens (including phenoxy) is 2. The van der Waals surface area contributed by atoms with Crippen molar-refractivity contribution in [3.8, 4) is 11.5 Å². The summed E-state index contributed by atoms with van der Waals surface area (Å²) in [6.45, 7) is 4.12. The quantitative estimate of drug-likeness (QED) is 0.846. The van der Waals surface area contributed by atoms with Crippen molar-refractivity contribution < 1.29 is 18.7 Å². The summed E-state index contributed by atoms with van der Waals surface area (Å²) in [5, 5.41) is 2.77. The molecule has 1 N–H and O–H groups in total. The summed E-state index contributed by atoms with van der Waals surface area (Å²) in [7, 11) is 0. The predicted octanol–water partition coefficient (Wildman–Crippen LogP) is 3.12. The molecule has 2 amide bonds. The van der Waals surface area contributed by atoms with Crippen molar-refractivity contribution >= 4 is 27.8 Å². The van der Waals surface area contributed by atoms with E-state index in [1.54, 1.807) is 17.0 Å². The van der Waals surface area contributed by atoms with E-state index in [-0.39, 0.29) is 6.03 Å². The molecule has 1 saturated heterocycles. The molecule has 2 aliphatic rings. The number of furan rings is 1. The second kappa shape index (κ2) is 6.97. The van der Waals surface area contributed by atoms with E-state index < -0.39 is 0 Å². The number of amides is 2. The number of nitrogens with zero attached hydrogens (tertiary/aromatic N) is 2. The van der Waals surface area contributed by atoms with Gasteiger partial charge in [-0.3, -0.25) is 10.2 Å². The number of benzene rings is 1. The van der Waals surface area contributed by atoms with Gasteiger partial charge in [0.25, 0.3) is 0 Å². The average molecular weight is 408 g/mol. The summed E-state index contributed by atoms with van der Waals surface area (Å²) in [6, 6.07) is 9.36. The first-order chi connectivity index (χ1) is 12.2. The molecule has 25 heavy (non-hydrogen) atoms. The second-order valence-corrected chi connectivity index (χ2v) is 6.77. The Kier molecular flexibility index (Phi) is 4.54. The van der Waals surface area contributed by atoms with Crippen LogP contribution in [0.15, 0.2) is 39.4 Å². The summed E-state index contributed by atoms with van der Waals surface area (Å²) in [6.07, 6.45) is 0. The Labute approximate surface area is 153 Å². The van der Waals surface area contributed by atoms with Gasteiger partial charge >= 0.3 is 6.03 Å². The molecule has 0 bridgehead atoms. The minimum Gasteiger partial charge on any atom is -0.454 e. The molecule has 0 aliphatic carbocycles. The summed E-state index contributed by atoms with van der Waals surface area (Å²) in [5.41, 5.74) is 1.18. The maximum atomic E-state index is 12.3. The number of hydrogen-bond acceptors (Lipinski definition) is 5. The number of nitrogens with one attached hydrogen (secondary N) is 1. The summed E-state index contributed by atoms with van der Waals surface area (Å²) in [5.74, 6) is 2.05. The van der Waals surface area contributed by atoms with Crippen molar-refractivity contribution in [1.82, 2.24) is 9.80 Å². The fraction of sp³-hybridized carbons (Fsp3) is 0.353. The van der Waals surface area contributed by atoms with E-state index in [4.69, 9.17) is 13.9 Å². The molecule has 2 aliphatic heterocycles. The maximum Gasteiger partial charge on any atom is 0.324 e. The molecule has 0 radical (unpaired) electrons. The lowest BCUT2D eigenvalue weighted by Crippen LogP contribution is -2.49. The zero-order valence-corrected chi connectivity index (χ0v) is 15.1. The van der Waals surface area contributed by atoms with E-state index in [1.165, 1.54) is 5.56 Å². The maximum absolute atomic E-state index is 12.3. The molecule has 2 aromatic rings. The van der Waals surface area contributed by atoms with Crippen LogP contribution in [0.3, 0.4) is 0 Å². The fourth-order valence-electron chi connectivity index (χ4n) is 2.97. The van der Waals surface area contributed by atoms with E-state index in [9.17, 15) is 4.79 Å². The molecule has 1 aromatic heterocycles. The number of anilines is 1. The highest BCUT2D eigenvalue weighted by Crippen LogP contribution is 2.32. The monoisotopic (exact) mass is 407 g/mol. The zero-order chi connectivity index (χ0) is 17.2. The Morgan fingerprint density at radius 1 is 1.08 bits per heavy atom. The number of rotatable bonds is 3. The average Bonchev–Trinajstić information content (AvgIpc) is 3.24. The Morgan fingerprint density at radius 2 is 1.88 bits per heavy atom. The molecule has 3 heterocycles. The Bertz CT molecular complexity index is 771. The minimum absolute atomic E-state index is 0.135. The molecular weight excluding hydrogens is 390 g/mol. The molecule has 4 rings (SSSR count). The largest absolute Gasteiger partial charge is 0.454 e. The highest BCUT2D eigenvalue weighted by Gasteiger charge is 2.22. The predicted molar refractivity (Wildman–Crippen MR) is 94.8 cm³/mol. The van der Waals surface area contributed by atoms with E-state index in [0.717, 1.165) is 31.1 Å². The lowest BCUT2D eigenvalue weighted by atomic mass is 10.1. The normalized spacial score (nSPS) is 16.9. The van der Waals surface area contributed by atoms with Gasteiger partial charge in [0, 0.05) is 38.8 Å². The number of carbonyl (C=O) groups excluding carboxylic acids is 1. The van der Waals surface area contributed by atoms with E-state index >= 15 is 0 Å². The number of urea groups is 1. The van der Waals surface area contributed by atoms with Gasteiger partial charge in [-0.05, 0) is 39.7 Å². The summed E-state index contributed by atoms with van der Waals surface area (Å²) >= 11 is 3.22. The Balaban J connectivity index is 1.28. The van der Waals surface area contributed by atoms with Crippen molar-refractivity contribution in [3.63, 3.8) is 0 Å². The molecule has 132 valence electrons. The molecule has 0 spiro atoms. The first kappa shape index (κ1) is 16.3. The molecule has 1 aromatic carbocycles. The lowest BCUT2D eigenvalue weighted by Gasteiger charge is -2.34. The van der Waals surface area contributed by atoms with Crippen LogP contribution >= 0.6 is 15.9 Å². The van der Waals surface area contributed by atoms with Crippen LogP contribution < -0.4 is 14.8 Å². The highest BCUT2D eigenvalue weighted by atomic mass is 79.9. The third-order valence-corrected chi connectivity index (χ3v) is 4.73. The third kappa shape index (κ3) is 3.74. The highest BCUT2D eigenvalue weighted by molar-refractivity contribution is 9.10. The van der Waals surface area contributed by atoms with Crippen LogP contribution in [-0.2, 0) is 6.54 Å². The molecule has 0 saturated carbocycles. The molecule has 0 atom stereocenters. The van der Waals surface area contributed by atoms with Gasteiger partial charge in [0.2, 0.25) is 12.7 Å². The number of fused-ring (bicyclic) bond motifs is 1. The van der Waals surface area contributed by atoms with Crippen molar-refractivity contribution in [2.75, 3.05) is 38.3 Å². The van der Waals surface area contributed by atoms with Crippen molar-refractivity contribution in [3.05, 3.63) is 40.6 Å². The van der Waals surface area contributed by atoms with Gasteiger partial charge in [-0.15, -0.1) is 0 Å². The molecule has 0 unspecified atom stereocenters. The number of carbonyl (C=O) groups is 1.